The molecule has 0 spiro atoms. The van der Waals surface area contributed by atoms with E-state index in [9.17, 15) is 10.1 Å². The molecule has 0 atom stereocenters. The molecule has 0 amide bonds. The van der Waals surface area contributed by atoms with E-state index >= 15 is 0 Å². The fourth-order valence-electron chi connectivity index (χ4n) is 2.88. The van der Waals surface area contributed by atoms with E-state index in [1.54, 1.807) is 12.1 Å². The molecule has 0 saturated carbocycles. The summed E-state index contributed by atoms with van der Waals surface area (Å²) in [6.07, 6.45) is 0. The van der Waals surface area contributed by atoms with Gasteiger partial charge in [-0.2, -0.15) is 0 Å². The third kappa shape index (κ3) is 3.81. The summed E-state index contributed by atoms with van der Waals surface area (Å²) in [5, 5.41) is 11.9. The van der Waals surface area contributed by atoms with E-state index in [0.29, 0.717) is 5.69 Å². The quantitative estimate of drug-likeness (QED) is 0.635. The number of hydrogen-bond acceptors (Lipinski definition) is 4. The lowest BCUT2D eigenvalue weighted by Crippen LogP contribution is -2.46. The zero-order chi connectivity index (χ0) is 16.2. The van der Waals surface area contributed by atoms with Gasteiger partial charge >= 0.3 is 0 Å². The largest absolute Gasteiger partial charge is 0.363 e. The number of nitrogens with zero attached hydrogens (tertiary/aromatic N) is 3. The summed E-state index contributed by atoms with van der Waals surface area (Å²) >= 11 is 5.91. The van der Waals surface area contributed by atoms with Gasteiger partial charge in [0.1, 0.15) is 5.69 Å². The Hall–Kier alpha value is -2.11. The Morgan fingerprint density at radius 2 is 1.65 bits per heavy atom. The van der Waals surface area contributed by atoms with E-state index in [0.717, 1.165) is 37.7 Å². The molecule has 120 valence electrons. The molecule has 2 aromatic carbocycles. The normalized spacial score (nSPS) is 15.6. The van der Waals surface area contributed by atoms with Crippen molar-refractivity contribution in [3.05, 3.63) is 69.2 Å². The van der Waals surface area contributed by atoms with Gasteiger partial charge in [-0.15, -0.1) is 0 Å². The topological polar surface area (TPSA) is 49.6 Å². The third-order valence-electron chi connectivity index (χ3n) is 4.11. The summed E-state index contributed by atoms with van der Waals surface area (Å²) in [4.78, 5) is 15.3. The summed E-state index contributed by atoms with van der Waals surface area (Å²) in [6, 6.07) is 14.8. The van der Waals surface area contributed by atoms with Crippen molar-refractivity contribution in [1.29, 1.82) is 0 Å². The first kappa shape index (κ1) is 15.8. The van der Waals surface area contributed by atoms with Crippen molar-refractivity contribution in [2.45, 2.75) is 6.54 Å². The van der Waals surface area contributed by atoms with Crippen LogP contribution in [0.3, 0.4) is 0 Å². The number of hydrogen-bond donors (Lipinski definition) is 0. The minimum Gasteiger partial charge on any atom is -0.363 e. The van der Waals surface area contributed by atoms with Crippen LogP contribution in [-0.4, -0.2) is 36.0 Å². The molecule has 23 heavy (non-hydrogen) atoms. The van der Waals surface area contributed by atoms with Gasteiger partial charge in [0.2, 0.25) is 0 Å². The summed E-state index contributed by atoms with van der Waals surface area (Å²) < 4.78 is 0. The minimum atomic E-state index is -0.310. The molecule has 1 fully saturated rings. The zero-order valence-electron chi connectivity index (χ0n) is 12.7. The highest BCUT2D eigenvalue weighted by atomic mass is 35.5. The lowest BCUT2D eigenvalue weighted by atomic mass is 10.2. The summed E-state index contributed by atoms with van der Waals surface area (Å²) in [5.74, 6) is 0. The molecular formula is C17H18ClN3O2. The van der Waals surface area contributed by atoms with E-state index < -0.39 is 0 Å². The Balaban J connectivity index is 1.62. The number of benzene rings is 2. The van der Waals surface area contributed by atoms with E-state index in [1.807, 2.05) is 36.4 Å². The average Bonchev–Trinajstić information content (AvgIpc) is 2.58. The van der Waals surface area contributed by atoms with Gasteiger partial charge < -0.3 is 4.90 Å². The molecule has 0 aromatic heterocycles. The molecule has 1 aliphatic heterocycles. The van der Waals surface area contributed by atoms with Crippen molar-refractivity contribution in [3.63, 3.8) is 0 Å². The Kier molecular flexibility index (Phi) is 4.79. The first-order valence-corrected chi connectivity index (χ1v) is 7.96. The number of anilines is 1. The predicted octanol–water partition coefficient (Wildman–Crippen LogP) is 3.57. The van der Waals surface area contributed by atoms with Gasteiger partial charge in [0.15, 0.2) is 0 Å². The highest BCUT2D eigenvalue weighted by Crippen LogP contribution is 2.28. The van der Waals surface area contributed by atoms with Gasteiger partial charge in [-0.05, 0) is 23.8 Å². The van der Waals surface area contributed by atoms with Crippen LogP contribution in [0.4, 0.5) is 11.4 Å². The van der Waals surface area contributed by atoms with Crippen molar-refractivity contribution in [1.82, 2.24) is 4.90 Å². The molecule has 3 rings (SSSR count). The van der Waals surface area contributed by atoms with Crippen LogP contribution in [0.2, 0.25) is 5.02 Å². The van der Waals surface area contributed by atoms with E-state index in [-0.39, 0.29) is 10.6 Å². The van der Waals surface area contributed by atoms with Crippen LogP contribution in [-0.2, 0) is 6.54 Å². The standard InChI is InChI=1S/C17H18ClN3O2/c18-15-7-5-14(6-8-15)13-19-9-11-20(12-10-19)16-3-1-2-4-17(16)21(22)23/h1-8H,9-13H2. The molecule has 6 heteroatoms. The number of piperazine rings is 1. The second-order valence-corrected chi connectivity index (χ2v) is 6.07. The van der Waals surface area contributed by atoms with Crippen LogP contribution in [0, 0.1) is 10.1 Å². The van der Waals surface area contributed by atoms with Gasteiger partial charge in [-0.25, -0.2) is 0 Å². The number of rotatable bonds is 4. The highest BCUT2D eigenvalue weighted by molar-refractivity contribution is 6.30. The van der Waals surface area contributed by atoms with Gasteiger partial charge in [0.25, 0.3) is 5.69 Å². The Morgan fingerprint density at radius 1 is 1.00 bits per heavy atom. The zero-order valence-corrected chi connectivity index (χ0v) is 13.4. The molecule has 1 heterocycles. The van der Waals surface area contributed by atoms with E-state index in [1.165, 1.54) is 5.56 Å². The molecule has 0 bridgehead atoms. The SMILES string of the molecule is O=[N+]([O-])c1ccccc1N1CCN(Cc2ccc(Cl)cc2)CC1. The molecule has 0 aliphatic carbocycles. The monoisotopic (exact) mass is 331 g/mol. The van der Waals surface area contributed by atoms with Crippen molar-refractivity contribution in [2.24, 2.45) is 0 Å². The summed E-state index contributed by atoms with van der Waals surface area (Å²) in [7, 11) is 0. The van der Waals surface area contributed by atoms with Crippen LogP contribution in [0.25, 0.3) is 0 Å². The van der Waals surface area contributed by atoms with E-state index in [2.05, 4.69) is 9.80 Å². The van der Waals surface area contributed by atoms with Crippen LogP contribution in [0.5, 0.6) is 0 Å². The Morgan fingerprint density at radius 3 is 2.30 bits per heavy atom. The number of halogens is 1. The maximum Gasteiger partial charge on any atom is 0.292 e. The highest BCUT2D eigenvalue weighted by Gasteiger charge is 2.23. The van der Waals surface area contributed by atoms with Crippen LogP contribution < -0.4 is 4.90 Å². The third-order valence-corrected chi connectivity index (χ3v) is 4.36. The van der Waals surface area contributed by atoms with E-state index in [4.69, 9.17) is 11.6 Å². The lowest BCUT2D eigenvalue weighted by Gasteiger charge is -2.35. The fraction of sp³-hybridized carbons (Fsp3) is 0.294. The Labute approximate surface area is 140 Å². The molecule has 0 unspecified atom stereocenters. The smallest absolute Gasteiger partial charge is 0.292 e. The summed E-state index contributed by atoms with van der Waals surface area (Å²) in [5.41, 5.74) is 2.12. The van der Waals surface area contributed by atoms with Gasteiger partial charge in [-0.3, -0.25) is 15.0 Å². The molecule has 1 aliphatic rings. The van der Waals surface area contributed by atoms with Crippen molar-refractivity contribution in [3.8, 4) is 0 Å². The van der Waals surface area contributed by atoms with Gasteiger partial charge in [0, 0.05) is 43.8 Å². The van der Waals surface area contributed by atoms with Crippen LogP contribution in [0.15, 0.2) is 48.5 Å². The Bertz CT molecular complexity index is 682. The second kappa shape index (κ2) is 6.98. The molecule has 5 nitrogen and oxygen atoms in total. The second-order valence-electron chi connectivity index (χ2n) is 5.64. The molecule has 2 aromatic rings. The fourth-order valence-corrected chi connectivity index (χ4v) is 3.01. The van der Waals surface area contributed by atoms with Gasteiger partial charge in [0.05, 0.1) is 4.92 Å². The van der Waals surface area contributed by atoms with Crippen molar-refractivity contribution < 1.29 is 4.92 Å². The molecule has 0 N–H and O–H groups in total. The van der Waals surface area contributed by atoms with Crippen molar-refractivity contribution in [2.75, 3.05) is 31.1 Å². The van der Waals surface area contributed by atoms with Crippen LogP contribution >= 0.6 is 11.6 Å². The lowest BCUT2D eigenvalue weighted by molar-refractivity contribution is -0.384. The average molecular weight is 332 g/mol. The van der Waals surface area contributed by atoms with Crippen molar-refractivity contribution >= 4 is 23.0 Å². The maximum absolute atomic E-state index is 11.2. The number of para-hydroxylation sites is 2. The number of nitro groups is 1. The first-order valence-electron chi connectivity index (χ1n) is 7.58. The molecule has 0 radical (unpaired) electrons. The molecule has 1 saturated heterocycles. The summed E-state index contributed by atoms with van der Waals surface area (Å²) in [6.45, 7) is 4.22. The minimum absolute atomic E-state index is 0.179. The number of nitro benzene ring substituents is 1. The van der Waals surface area contributed by atoms with Crippen LogP contribution in [0.1, 0.15) is 5.56 Å². The first-order chi connectivity index (χ1) is 11.1. The maximum atomic E-state index is 11.2. The van der Waals surface area contributed by atoms with Gasteiger partial charge in [-0.1, -0.05) is 35.9 Å². The molecular weight excluding hydrogens is 314 g/mol. The predicted molar refractivity (Wildman–Crippen MR) is 92.0 cm³/mol.